The number of rotatable bonds is 2. The SMILES string of the molecule is NC(=O)c1ccc(C(F)F)c(Br)n1. The average Bonchev–Trinajstić information content (AvgIpc) is 2.03. The molecule has 0 fully saturated rings. The van der Waals surface area contributed by atoms with E-state index in [1.54, 1.807) is 0 Å². The van der Waals surface area contributed by atoms with Gasteiger partial charge in [0.05, 0.1) is 5.56 Å². The Morgan fingerprint density at radius 3 is 2.54 bits per heavy atom. The van der Waals surface area contributed by atoms with Crippen molar-refractivity contribution >= 4 is 21.8 Å². The molecule has 0 aliphatic carbocycles. The molecule has 0 aliphatic rings. The maximum Gasteiger partial charge on any atom is 0.267 e. The second kappa shape index (κ2) is 3.78. The highest BCUT2D eigenvalue weighted by molar-refractivity contribution is 9.10. The molecule has 0 aromatic carbocycles. The molecule has 1 amide bonds. The summed E-state index contributed by atoms with van der Waals surface area (Å²) in [5.74, 6) is -0.749. The summed E-state index contributed by atoms with van der Waals surface area (Å²) in [6.07, 6.45) is -2.62. The Labute approximate surface area is 81.1 Å². The summed E-state index contributed by atoms with van der Waals surface area (Å²) in [4.78, 5) is 14.1. The van der Waals surface area contributed by atoms with Gasteiger partial charge in [0.25, 0.3) is 12.3 Å². The van der Waals surface area contributed by atoms with Gasteiger partial charge >= 0.3 is 0 Å². The molecule has 70 valence electrons. The van der Waals surface area contributed by atoms with Crippen LogP contribution in [0.3, 0.4) is 0 Å². The zero-order valence-corrected chi connectivity index (χ0v) is 7.88. The quantitative estimate of drug-likeness (QED) is 0.816. The first-order valence-corrected chi connectivity index (χ1v) is 4.06. The maximum atomic E-state index is 12.2. The van der Waals surface area contributed by atoms with Crippen molar-refractivity contribution in [1.29, 1.82) is 0 Å². The lowest BCUT2D eigenvalue weighted by atomic mass is 10.2. The number of aromatic nitrogens is 1. The standard InChI is InChI=1S/C7H5BrF2N2O/c8-5-3(6(9)10)1-2-4(12-5)7(11)13/h1-2,6H,(H2,11,13). The molecule has 0 saturated carbocycles. The highest BCUT2D eigenvalue weighted by Crippen LogP contribution is 2.25. The van der Waals surface area contributed by atoms with Crippen LogP contribution in [0.25, 0.3) is 0 Å². The average molecular weight is 251 g/mol. The Kier molecular flexibility index (Phi) is 2.92. The third-order valence-electron chi connectivity index (χ3n) is 1.37. The molecule has 13 heavy (non-hydrogen) atoms. The molecule has 0 spiro atoms. The summed E-state index contributed by atoms with van der Waals surface area (Å²) in [6, 6.07) is 2.27. The first kappa shape index (κ1) is 10.0. The smallest absolute Gasteiger partial charge is 0.267 e. The molecule has 0 unspecified atom stereocenters. The predicted octanol–water partition coefficient (Wildman–Crippen LogP) is 1.88. The lowest BCUT2D eigenvalue weighted by Crippen LogP contribution is -2.13. The predicted molar refractivity (Wildman–Crippen MR) is 45.4 cm³/mol. The highest BCUT2D eigenvalue weighted by Gasteiger charge is 2.14. The Bertz CT molecular complexity index is 343. The summed E-state index contributed by atoms with van der Waals surface area (Å²) in [7, 11) is 0. The maximum absolute atomic E-state index is 12.2. The van der Waals surface area contributed by atoms with Gasteiger partial charge in [-0.2, -0.15) is 0 Å². The minimum absolute atomic E-state index is 0.0451. The number of primary amides is 1. The van der Waals surface area contributed by atoms with Crippen molar-refractivity contribution in [3.63, 3.8) is 0 Å². The molecular formula is C7H5BrF2N2O. The number of carbonyl (C=O) groups is 1. The summed E-state index contributed by atoms with van der Waals surface area (Å²) in [5.41, 5.74) is 4.59. The van der Waals surface area contributed by atoms with Gasteiger partial charge < -0.3 is 5.73 Å². The van der Waals surface area contributed by atoms with E-state index in [1.807, 2.05) is 0 Å². The molecule has 1 aromatic heterocycles. The largest absolute Gasteiger partial charge is 0.364 e. The number of amides is 1. The molecule has 1 aromatic rings. The fourth-order valence-corrected chi connectivity index (χ4v) is 1.24. The Hall–Kier alpha value is -1.04. The van der Waals surface area contributed by atoms with Crippen LogP contribution >= 0.6 is 15.9 Å². The van der Waals surface area contributed by atoms with Gasteiger partial charge in [-0.25, -0.2) is 13.8 Å². The van der Waals surface area contributed by atoms with Gasteiger partial charge in [-0.15, -0.1) is 0 Å². The van der Waals surface area contributed by atoms with Crippen LogP contribution in [-0.4, -0.2) is 10.9 Å². The van der Waals surface area contributed by atoms with E-state index in [1.165, 1.54) is 0 Å². The Morgan fingerprint density at radius 2 is 2.15 bits per heavy atom. The summed E-state index contributed by atoms with van der Waals surface area (Å²) >= 11 is 2.82. The number of alkyl halides is 2. The van der Waals surface area contributed by atoms with Gasteiger partial charge in [0.2, 0.25) is 0 Å². The van der Waals surface area contributed by atoms with Crippen LogP contribution in [0.15, 0.2) is 16.7 Å². The van der Waals surface area contributed by atoms with E-state index in [4.69, 9.17) is 5.73 Å². The van der Waals surface area contributed by atoms with Crippen LogP contribution in [0, 0.1) is 0 Å². The van der Waals surface area contributed by atoms with Gasteiger partial charge in [-0.1, -0.05) is 0 Å². The van der Waals surface area contributed by atoms with E-state index >= 15 is 0 Å². The van der Waals surface area contributed by atoms with Crippen LogP contribution in [0.2, 0.25) is 0 Å². The molecule has 0 saturated heterocycles. The number of hydrogen-bond acceptors (Lipinski definition) is 2. The Morgan fingerprint density at radius 1 is 1.54 bits per heavy atom. The van der Waals surface area contributed by atoms with E-state index < -0.39 is 12.3 Å². The number of carbonyl (C=O) groups excluding carboxylic acids is 1. The molecule has 1 rings (SSSR count). The second-order valence-electron chi connectivity index (χ2n) is 2.24. The van der Waals surface area contributed by atoms with Gasteiger partial charge in [0.1, 0.15) is 10.3 Å². The fraction of sp³-hybridized carbons (Fsp3) is 0.143. The van der Waals surface area contributed by atoms with E-state index in [2.05, 4.69) is 20.9 Å². The topological polar surface area (TPSA) is 56.0 Å². The normalized spacial score (nSPS) is 10.5. The molecule has 0 bridgehead atoms. The number of nitrogens with two attached hydrogens (primary N) is 1. The lowest BCUT2D eigenvalue weighted by molar-refractivity contribution is 0.0994. The highest BCUT2D eigenvalue weighted by atomic mass is 79.9. The molecular weight excluding hydrogens is 246 g/mol. The van der Waals surface area contributed by atoms with Crippen molar-refractivity contribution < 1.29 is 13.6 Å². The van der Waals surface area contributed by atoms with Crippen LogP contribution < -0.4 is 5.73 Å². The fourth-order valence-electron chi connectivity index (χ4n) is 0.745. The minimum atomic E-state index is -2.62. The monoisotopic (exact) mass is 250 g/mol. The first-order chi connectivity index (χ1) is 6.02. The van der Waals surface area contributed by atoms with Gasteiger partial charge in [0.15, 0.2) is 0 Å². The molecule has 3 nitrogen and oxygen atoms in total. The summed E-state index contributed by atoms with van der Waals surface area (Å²) < 4.78 is 24.3. The van der Waals surface area contributed by atoms with Crippen molar-refractivity contribution in [1.82, 2.24) is 4.98 Å². The zero-order chi connectivity index (χ0) is 10.0. The lowest BCUT2D eigenvalue weighted by Gasteiger charge is -2.02. The molecule has 1 heterocycles. The van der Waals surface area contributed by atoms with E-state index in [0.717, 1.165) is 12.1 Å². The second-order valence-corrected chi connectivity index (χ2v) is 2.99. The van der Waals surface area contributed by atoms with E-state index in [0.29, 0.717) is 0 Å². The van der Waals surface area contributed by atoms with Crippen LogP contribution in [0.5, 0.6) is 0 Å². The number of pyridine rings is 1. The van der Waals surface area contributed by atoms with Crippen LogP contribution in [0.1, 0.15) is 22.5 Å². The van der Waals surface area contributed by atoms with Gasteiger partial charge in [-0.3, -0.25) is 4.79 Å². The van der Waals surface area contributed by atoms with Crippen LogP contribution in [0.4, 0.5) is 8.78 Å². The van der Waals surface area contributed by atoms with Crippen molar-refractivity contribution in [2.24, 2.45) is 5.73 Å². The Balaban J connectivity index is 3.13. The third-order valence-corrected chi connectivity index (χ3v) is 2.00. The van der Waals surface area contributed by atoms with Gasteiger partial charge in [0, 0.05) is 0 Å². The third kappa shape index (κ3) is 2.21. The van der Waals surface area contributed by atoms with Crippen molar-refractivity contribution in [2.75, 3.05) is 0 Å². The molecule has 6 heteroatoms. The van der Waals surface area contributed by atoms with E-state index in [-0.39, 0.29) is 15.9 Å². The van der Waals surface area contributed by atoms with Crippen molar-refractivity contribution in [3.8, 4) is 0 Å². The van der Waals surface area contributed by atoms with Crippen molar-refractivity contribution in [2.45, 2.75) is 6.43 Å². The first-order valence-electron chi connectivity index (χ1n) is 3.26. The summed E-state index contributed by atoms with van der Waals surface area (Å²) in [5, 5.41) is 0. The molecule has 0 aliphatic heterocycles. The molecule has 0 atom stereocenters. The number of nitrogens with zero attached hydrogens (tertiary/aromatic N) is 1. The number of halogens is 3. The van der Waals surface area contributed by atoms with E-state index in [9.17, 15) is 13.6 Å². The zero-order valence-electron chi connectivity index (χ0n) is 6.30. The number of hydrogen-bond donors (Lipinski definition) is 1. The minimum Gasteiger partial charge on any atom is -0.364 e. The van der Waals surface area contributed by atoms with Crippen LogP contribution in [-0.2, 0) is 0 Å². The summed E-state index contributed by atoms with van der Waals surface area (Å²) in [6.45, 7) is 0. The molecule has 2 N–H and O–H groups in total. The molecule has 0 radical (unpaired) electrons. The van der Waals surface area contributed by atoms with Gasteiger partial charge in [-0.05, 0) is 28.1 Å². The van der Waals surface area contributed by atoms with Crippen molar-refractivity contribution in [3.05, 3.63) is 28.0 Å².